The second-order valence-electron chi connectivity index (χ2n) is 6.18. The van der Waals surface area contributed by atoms with Crippen molar-refractivity contribution in [3.05, 3.63) is 72.3 Å². The molecule has 1 aliphatic rings. The number of anilines is 1. The first kappa shape index (κ1) is 17.3. The molecule has 1 atom stereocenters. The van der Waals surface area contributed by atoms with Crippen LogP contribution >= 0.6 is 11.8 Å². The molecule has 1 N–H and O–H groups in total. The molecule has 27 heavy (non-hydrogen) atoms. The van der Waals surface area contributed by atoms with E-state index in [9.17, 15) is 19.5 Å². The zero-order valence-corrected chi connectivity index (χ0v) is 15.0. The van der Waals surface area contributed by atoms with E-state index in [0.29, 0.717) is 10.6 Å². The summed E-state index contributed by atoms with van der Waals surface area (Å²) in [5.74, 6) is -1.65. The smallest absolute Gasteiger partial charge is 0.336 e. The molecule has 0 aromatic heterocycles. The van der Waals surface area contributed by atoms with Gasteiger partial charge in [0.25, 0.3) is 0 Å². The molecule has 1 saturated heterocycles. The topological polar surface area (TPSA) is 74.7 Å². The largest absolute Gasteiger partial charge is 0.478 e. The highest BCUT2D eigenvalue weighted by Gasteiger charge is 2.41. The van der Waals surface area contributed by atoms with Crippen molar-refractivity contribution in [3.63, 3.8) is 0 Å². The summed E-state index contributed by atoms with van der Waals surface area (Å²) in [6.07, 6.45) is 0.0423. The Kier molecular flexibility index (Phi) is 4.41. The van der Waals surface area contributed by atoms with Gasteiger partial charge in [0.15, 0.2) is 0 Å². The van der Waals surface area contributed by atoms with Crippen LogP contribution < -0.4 is 4.90 Å². The number of fused-ring (bicyclic) bond motifs is 1. The van der Waals surface area contributed by atoms with Crippen molar-refractivity contribution in [2.75, 3.05) is 4.90 Å². The lowest BCUT2D eigenvalue weighted by atomic mass is 10.1. The Balaban J connectivity index is 1.68. The van der Waals surface area contributed by atoms with E-state index in [1.165, 1.54) is 11.0 Å². The van der Waals surface area contributed by atoms with E-state index in [1.54, 1.807) is 24.3 Å². The lowest BCUT2D eigenvalue weighted by Crippen LogP contribution is -2.31. The van der Waals surface area contributed by atoms with Crippen molar-refractivity contribution in [2.45, 2.75) is 16.6 Å². The van der Waals surface area contributed by atoms with Gasteiger partial charge in [0, 0.05) is 16.7 Å². The van der Waals surface area contributed by atoms with Crippen LogP contribution in [0.25, 0.3) is 10.8 Å². The molecule has 1 fully saturated rings. The van der Waals surface area contributed by atoms with E-state index in [-0.39, 0.29) is 23.8 Å². The zero-order chi connectivity index (χ0) is 19.0. The fourth-order valence-electron chi connectivity index (χ4n) is 3.25. The van der Waals surface area contributed by atoms with E-state index in [2.05, 4.69) is 0 Å². The minimum atomic E-state index is -1.05. The molecule has 0 spiro atoms. The number of imide groups is 1. The quantitative estimate of drug-likeness (QED) is 0.697. The number of hydrogen-bond acceptors (Lipinski definition) is 4. The summed E-state index contributed by atoms with van der Waals surface area (Å²) in [4.78, 5) is 38.7. The minimum absolute atomic E-state index is 0.0423. The Morgan fingerprint density at radius 3 is 2.48 bits per heavy atom. The van der Waals surface area contributed by atoms with Crippen molar-refractivity contribution in [2.24, 2.45) is 0 Å². The lowest BCUT2D eigenvalue weighted by molar-refractivity contribution is -0.121. The van der Waals surface area contributed by atoms with E-state index in [1.807, 2.05) is 36.4 Å². The maximum absolute atomic E-state index is 13.0. The maximum atomic E-state index is 13.0. The van der Waals surface area contributed by atoms with Crippen LogP contribution in [0, 0.1) is 0 Å². The molecule has 3 aromatic rings. The molecular weight excluding hydrogens is 362 g/mol. The standard InChI is InChI=1S/C21H15NO4S/c23-19-12-18(27-17-11-4-3-9-15(17)21(25)26)20(24)22(19)16-10-5-7-13-6-1-2-8-14(13)16/h1-11,18H,12H2,(H,25,26)/t18-/m1/s1. The number of aromatic carboxylic acids is 1. The van der Waals surface area contributed by atoms with Gasteiger partial charge in [-0.15, -0.1) is 11.8 Å². The zero-order valence-electron chi connectivity index (χ0n) is 14.2. The summed E-state index contributed by atoms with van der Waals surface area (Å²) in [5.41, 5.74) is 0.698. The highest BCUT2D eigenvalue weighted by Crippen LogP contribution is 2.37. The maximum Gasteiger partial charge on any atom is 0.336 e. The molecule has 1 heterocycles. The molecule has 3 aromatic carbocycles. The second-order valence-corrected chi connectivity index (χ2v) is 7.42. The predicted octanol–water partition coefficient (Wildman–Crippen LogP) is 3.96. The molecule has 0 radical (unpaired) electrons. The first-order valence-corrected chi connectivity index (χ1v) is 9.28. The molecule has 2 amide bonds. The Morgan fingerprint density at radius 1 is 0.963 bits per heavy atom. The predicted molar refractivity (Wildman–Crippen MR) is 104 cm³/mol. The van der Waals surface area contributed by atoms with Crippen molar-refractivity contribution in [3.8, 4) is 0 Å². The van der Waals surface area contributed by atoms with E-state index in [4.69, 9.17) is 0 Å². The lowest BCUT2D eigenvalue weighted by Gasteiger charge is -2.17. The third-order valence-corrected chi connectivity index (χ3v) is 5.76. The average Bonchev–Trinajstić information content (AvgIpc) is 2.95. The van der Waals surface area contributed by atoms with Gasteiger partial charge in [0.2, 0.25) is 11.8 Å². The van der Waals surface area contributed by atoms with Gasteiger partial charge in [-0.1, -0.05) is 48.5 Å². The number of carbonyl (C=O) groups excluding carboxylic acids is 2. The molecule has 0 aliphatic carbocycles. The first-order chi connectivity index (χ1) is 13.1. The van der Waals surface area contributed by atoms with Crippen molar-refractivity contribution in [1.82, 2.24) is 0 Å². The minimum Gasteiger partial charge on any atom is -0.478 e. The van der Waals surface area contributed by atoms with Gasteiger partial charge in [-0.2, -0.15) is 0 Å². The molecule has 0 saturated carbocycles. The summed E-state index contributed by atoms with van der Waals surface area (Å²) in [6.45, 7) is 0. The first-order valence-electron chi connectivity index (χ1n) is 8.40. The normalized spacial score (nSPS) is 16.9. The Morgan fingerprint density at radius 2 is 1.67 bits per heavy atom. The number of rotatable bonds is 4. The third-order valence-electron chi connectivity index (χ3n) is 4.50. The van der Waals surface area contributed by atoms with Gasteiger partial charge in [0.1, 0.15) is 0 Å². The van der Waals surface area contributed by atoms with Crippen LogP contribution in [0.1, 0.15) is 16.8 Å². The van der Waals surface area contributed by atoms with Crippen LogP contribution in [-0.4, -0.2) is 28.1 Å². The molecule has 1 aliphatic heterocycles. The summed E-state index contributed by atoms with van der Waals surface area (Å²) in [5, 5.41) is 10.5. The number of benzene rings is 3. The molecule has 134 valence electrons. The van der Waals surface area contributed by atoms with E-state index in [0.717, 1.165) is 22.5 Å². The SMILES string of the molecule is O=C(O)c1ccccc1S[C@@H]1CC(=O)N(c2cccc3ccccc23)C1=O. The van der Waals surface area contributed by atoms with Gasteiger partial charge >= 0.3 is 5.97 Å². The van der Waals surface area contributed by atoms with Crippen molar-refractivity contribution in [1.29, 1.82) is 0 Å². The van der Waals surface area contributed by atoms with Crippen LogP contribution in [-0.2, 0) is 9.59 Å². The summed E-state index contributed by atoms with van der Waals surface area (Å²) >= 11 is 1.13. The highest BCUT2D eigenvalue weighted by atomic mass is 32.2. The fraction of sp³-hybridized carbons (Fsp3) is 0.0952. The number of carboxylic acid groups (broad SMARTS) is 1. The number of nitrogens with zero attached hydrogens (tertiary/aromatic N) is 1. The molecular formula is C21H15NO4S. The van der Waals surface area contributed by atoms with Gasteiger partial charge in [-0.3, -0.25) is 9.59 Å². The Labute approximate surface area is 159 Å². The van der Waals surface area contributed by atoms with Gasteiger partial charge in [-0.05, 0) is 23.6 Å². The van der Waals surface area contributed by atoms with Gasteiger partial charge < -0.3 is 5.11 Å². The highest BCUT2D eigenvalue weighted by molar-refractivity contribution is 8.00. The Hall–Kier alpha value is -3.12. The number of hydrogen-bond donors (Lipinski definition) is 1. The molecule has 6 heteroatoms. The number of amides is 2. The number of carbonyl (C=O) groups is 3. The van der Waals surface area contributed by atoms with Crippen LogP contribution in [0.4, 0.5) is 5.69 Å². The van der Waals surface area contributed by atoms with Crippen molar-refractivity contribution >= 4 is 46.0 Å². The molecule has 4 rings (SSSR count). The van der Waals surface area contributed by atoms with Crippen LogP contribution in [0.2, 0.25) is 0 Å². The van der Waals surface area contributed by atoms with E-state index < -0.39 is 11.2 Å². The molecule has 0 unspecified atom stereocenters. The fourth-order valence-corrected chi connectivity index (χ4v) is 4.43. The van der Waals surface area contributed by atoms with Crippen molar-refractivity contribution < 1.29 is 19.5 Å². The number of carboxylic acids is 1. The Bertz CT molecular complexity index is 1070. The van der Waals surface area contributed by atoms with Crippen LogP contribution in [0.15, 0.2) is 71.6 Å². The summed E-state index contributed by atoms with van der Waals surface area (Å²) in [6, 6.07) is 19.6. The van der Waals surface area contributed by atoms with Crippen LogP contribution in [0.3, 0.4) is 0 Å². The average molecular weight is 377 g/mol. The molecule has 5 nitrogen and oxygen atoms in total. The summed E-state index contributed by atoms with van der Waals surface area (Å²) in [7, 11) is 0. The second kappa shape index (κ2) is 6.89. The third kappa shape index (κ3) is 3.08. The van der Waals surface area contributed by atoms with Gasteiger partial charge in [-0.25, -0.2) is 9.69 Å². The number of thioether (sulfide) groups is 1. The summed E-state index contributed by atoms with van der Waals surface area (Å²) < 4.78 is 0. The van der Waals surface area contributed by atoms with Gasteiger partial charge in [0.05, 0.1) is 16.5 Å². The molecule has 0 bridgehead atoms. The monoisotopic (exact) mass is 377 g/mol. The van der Waals surface area contributed by atoms with Crippen LogP contribution in [0.5, 0.6) is 0 Å². The van der Waals surface area contributed by atoms with E-state index >= 15 is 0 Å².